The molecule has 3 saturated carbocycles. The molecule has 3 fully saturated rings. The van der Waals surface area contributed by atoms with E-state index in [0.29, 0.717) is 63.2 Å². The maximum atomic E-state index is 13.5. The third-order valence-electron chi connectivity index (χ3n) is 8.34. The SMILES string of the molecule is CC(C)C[C@@H](NC(=O)C1(C(=O)N[C@H](CC(C)C)C2(O)CCCC2)CCC1)C1(O)CCCC1. The zero-order valence-corrected chi connectivity index (χ0v) is 20.7. The van der Waals surface area contributed by atoms with Crippen LogP contribution in [0.4, 0.5) is 0 Å². The maximum absolute atomic E-state index is 13.5. The van der Waals surface area contributed by atoms with Crippen LogP contribution in [-0.4, -0.2) is 45.3 Å². The van der Waals surface area contributed by atoms with E-state index in [2.05, 4.69) is 38.3 Å². The molecule has 2 amide bonds. The van der Waals surface area contributed by atoms with Crippen LogP contribution in [0.5, 0.6) is 0 Å². The molecule has 6 nitrogen and oxygen atoms in total. The summed E-state index contributed by atoms with van der Waals surface area (Å²) < 4.78 is 0. The molecular weight excluding hydrogens is 404 g/mol. The average Bonchev–Trinajstić information content (AvgIpc) is 3.29. The van der Waals surface area contributed by atoms with Crippen molar-refractivity contribution in [1.29, 1.82) is 0 Å². The minimum Gasteiger partial charge on any atom is -0.388 e. The summed E-state index contributed by atoms with van der Waals surface area (Å²) in [5, 5.41) is 28.7. The fourth-order valence-corrected chi connectivity index (χ4v) is 6.12. The van der Waals surface area contributed by atoms with Gasteiger partial charge in [-0.3, -0.25) is 9.59 Å². The summed E-state index contributed by atoms with van der Waals surface area (Å²) in [6.07, 6.45) is 10.0. The zero-order chi connectivity index (χ0) is 23.6. The van der Waals surface area contributed by atoms with Gasteiger partial charge in [-0.2, -0.15) is 0 Å². The Bertz CT molecular complexity index is 607. The minimum absolute atomic E-state index is 0.242. The number of rotatable bonds is 10. The van der Waals surface area contributed by atoms with Crippen LogP contribution in [0.2, 0.25) is 0 Å². The normalized spacial score (nSPS) is 25.4. The topological polar surface area (TPSA) is 98.7 Å². The van der Waals surface area contributed by atoms with Gasteiger partial charge in [-0.1, -0.05) is 59.8 Å². The molecule has 0 radical (unpaired) electrons. The number of carbonyl (C=O) groups is 2. The summed E-state index contributed by atoms with van der Waals surface area (Å²) in [7, 11) is 0. The Morgan fingerprint density at radius 1 is 0.656 bits per heavy atom. The van der Waals surface area contributed by atoms with E-state index in [1.165, 1.54) is 0 Å². The van der Waals surface area contributed by atoms with E-state index in [1.54, 1.807) is 0 Å². The second-order valence-corrected chi connectivity index (χ2v) is 11.9. The van der Waals surface area contributed by atoms with Gasteiger partial charge in [0, 0.05) is 0 Å². The Morgan fingerprint density at radius 3 is 1.25 bits per heavy atom. The van der Waals surface area contributed by atoms with Gasteiger partial charge in [0.25, 0.3) is 0 Å². The molecular formula is C26H46N2O4. The van der Waals surface area contributed by atoms with Gasteiger partial charge >= 0.3 is 0 Å². The van der Waals surface area contributed by atoms with E-state index in [1.807, 2.05) is 0 Å². The van der Waals surface area contributed by atoms with Crippen molar-refractivity contribution in [2.75, 3.05) is 0 Å². The maximum Gasteiger partial charge on any atom is 0.236 e. The van der Waals surface area contributed by atoms with Crippen LogP contribution in [-0.2, 0) is 9.59 Å². The van der Waals surface area contributed by atoms with E-state index in [9.17, 15) is 19.8 Å². The summed E-state index contributed by atoms with van der Waals surface area (Å²) in [5.41, 5.74) is -2.82. The number of nitrogens with one attached hydrogen (secondary N) is 2. The molecule has 0 heterocycles. The highest BCUT2D eigenvalue weighted by molar-refractivity contribution is 6.06. The molecule has 0 bridgehead atoms. The summed E-state index contributed by atoms with van der Waals surface area (Å²) in [5.74, 6) is 0.189. The number of hydrogen-bond acceptors (Lipinski definition) is 4. The van der Waals surface area contributed by atoms with Gasteiger partial charge in [-0.25, -0.2) is 0 Å². The molecule has 0 saturated heterocycles. The number of aliphatic hydroxyl groups is 2. The standard InChI is InChI=1S/C26H46N2O4/c1-18(2)16-20(25(31)12-5-6-13-25)27-22(29)24(10-9-11-24)23(30)28-21(17-19(3)4)26(32)14-7-8-15-26/h18-21,31-32H,5-17H2,1-4H3,(H,27,29)(H,28,30)/t20-,21-/m1/s1. The third-order valence-corrected chi connectivity index (χ3v) is 8.34. The number of carbonyl (C=O) groups excluding carboxylic acids is 2. The van der Waals surface area contributed by atoms with Crippen LogP contribution in [0.1, 0.15) is 111 Å². The van der Waals surface area contributed by atoms with Crippen molar-refractivity contribution >= 4 is 11.8 Å². The first kappa shape index (κ1) is 25.5. The zero-order valence-electron chi connectivity index (χ0n) is 20.7. The van der Waals surface area contributed by atoms with Crippen molar-refractivity contribution in [2.24, 2.45) is 17.3 Å². The minimum atomic E-state index is -1.08. The van der Waals surface area contributed by atoms with Crippen molar-refractivity contribution in [2.45, 2.75) is 134 Å². The van der Waals surface area contributed by atoms with Gasteiger partial charge in [0.1, 0.15) is 5.41 Å². The first-order valence-electron chi connectivity index (χ1n) is 13.1. The highest BCUT2D eigenvalue weighted by Gasteiger charge is 2.54. The Labute approximate surface area is 194 Å². The van der Waals surface area contributed by atoms with E-state index < -0.39 is 16.6 Å². The summed E-state index contributed by atoms with van der Waals surface area (Å²) in [6.45, 7) is 8.40. The molecule has 4 N–H and O–H groups in total. The highest BCUT2D eigenvalue weighted by atomic mass is 16.3. The van der Waals surface area contributed by atoms with Gasteiger partial charge in [-0.15, -0.1) is 0 Å². The van der Waals surface area contributed by atoms with E-state index in [-0.39, 0.29) is 23.9 Å². The van der Waals surface area contributed by atoms with E-state index >= 15 is 0 Å². The van der Waals surface area contributed by atoms with Gasteiger partial charge in [0.05, 0.1) is 23.3 Å². The van der Waals surface area contributed by atoms with Crippen molar-refractivity contribution < 1.29 is 19.8 Å². The molecule has 0 aliphatic heterocycles. The first-order chi connectivity index (χ1) is 15.0. The van der Waals surface area contributed by atoms with Gasteiger partial charge in [0.2, 0.25) is 11.8 Å². The Morgan fingerprint density at radius 2 is 1.00 bits per heavy atom. The van der Waals surface area contributed by atoms with E-state index in [4.69, 9.17) is 0 Å². The van der Waals surface area contributed by atoms with Gasteiger partial charge in [0.15, 0.2) is 0 Å². The van der Waals surface area contributed by atoms with Crippen LogP contribution >= 0.6 is 0 Å². The lowest BCUT2D eigenvalue weighted by atomic mass is 9.66. The van der Waals surface area contributed by atoms with Crippen molar-refractivity contribution in [3.05, 3.63) is 0 Å². The van der Waals surface area contributed by atoms with Crippen LogP contribution in [0.25, 0.3) is 0 Å². The van der Waals surface area contributed by atoms with Crippen LogP contribution in [0, 0.1) is 17.3 Å². The number of hydrogen-bond donors (Lipinski definition) is 4. The fraction of sp³-hybridized carbons (Fsp3) is 0.923. The van der Waals surface area contributed by atoms with Crippen molar-refractivity contribution in [1.82, 2.24) is 10.6 Å². The predicted octanol–water partition coefficient (Wildman–Crippen LogP) is 3.83. The molecule has 32 heavy (non-hydrogen) atoms. The quantitative estimate of drug-likeness (QED) is 0.380. The Kier molecular flexibility index (Phi) is 7.97. The van der Waals surface area contributed by atoms with Gasteiger partial charge in [-0.05, 0) is 63.2 Å². The second-order valence-electron chi connectivity index (χ2n) is 11.9. The van der Waals surface area contributed by atoms with Crippen LogP contribution in [0.15, 0.2) is 0 Å². The molecule has 184 valence electrons. The molecule has 0 aromatic rings. The van der Waals surface area contributed by atoms with Crippen molar-refractivity contribution in [3.8, 4) is 0 Å². The lowest BCUT2D eigenvalue weighted by Gasteiger charge is -2.44. The first-order valence-corrected chi connectivity index (χ1v) is 13.1. The number of amides is 2. The Hall–Kier alpha value is -1.14. The summed E-state index contributed by atoms with van der Waals surface area (Å²) in [6, 6.07) is -0.651. The van der Waals surface area contributed by atoms with E-state index in [0.717, 1.165) is 32.1 Å². The average molecular weight is 451 g/mol. The summed E-state index contributed by atoms with van der Waals surface area (Å²) in [4.78, 5) is 27.1. The predicted molar refractivity (Wildman–Crippen MR) is 126 cm³/mol. The molecule has 0 aromatic carbocycles. The van der Waals surface area contributed by atoms with Gasteiger partial charge < -0.3 is 20.8 Å². The molecule has 0 spiro atoms. The lowest BCUT2D eigenvalue weighted by Crippen LogP contribution is -2.63. The smallest absolute Gasteiger partial charge is 0.236 e. The molecule has 3 aliphatic rings. The summed E-state index contributed by atoms with van der Waals surface area (Å²) >= 11 is 0. The molecule has 3 aliphatic carbocycles. The lowest BCUT2D eigenvalue weighted by molar-refractivity contribution is -0.153. The highest BCUT2D eigenvalue weighted by Crippen LogP contribution is 2.44. The molecule has 3 rings (SSSR count). The molecule has 2 atom stereocenters. The van der Waals surface area contributed by atoms with Crippen molar-refractivity contribution in [3.63, 3.8) is 0 Å². The Balaban J connectivity index is 1.75. The monoisotopic (exact) mass is 450 g/mol. The van der Waals surface area contributed by atoms with Crippen LogP contribution < -0.4 is 10.6 Å². The second kappa shape index (κ2) is 10.0. The fourth-order valence-electron chi connectivity index (χ4n) is 6.12. The third kappa shape index (κ3) is 5.32. The molecule has 0 unspecified atom stereocenters. The van der Waals surface area contributed by atoms with Crippen LogP contribution in [0.3, 0.4) is 0 Å². The largest absolute Gasteiger partial charge is 0.388 e. The molecule has 0 aromatic heterocycles. The molecule has 6 heteroatoms.